The van der Waals surface area contributed by atoms with Gasteiger partial charge in [-0.25, -0.2) is 0 Å². The van der Waals surface area contributed by atoms with Crippen LogP contribution in [0.2, 0.25) is 0 Å². The number of esters is 2. The van der Waals surface area contributed by atoms with Gasteiger partial charge in [-0.15, -0.1) is 0 Å². The first-order chi connectivity index (χ1) is 13.8. The summed E-state index contributed by atoms with van der Waals surface area (Å²) >= 11 is 0. The fourth-order valence-corrected chi connectivity index (χ4v) is 5.53. The van der Waals surface area contributed by atoms with E-state index in [4.69, 9.17) is 9.47 Å². The molecular weight excluding hydrogens is 384 g/mol. The highest BCUT2D eigenvalue weighted by Crippen LogP contribution is 2.60. The van der Waals surface area contributed by atoms with Crippen LogP contribution >= 0.6 is 0 Å². The Bertz CT molecular complexity index is 928. The molecule has 2 bridgehead atoms. The van der Waals surface area contributed by atoms with Gasteiger partial charge >= 0.3 is 11.9 Å². The highest BCUT2D eigenvalue weighted by atomic mass is 16.5. The van der Waals surface area contributed by atoms with Gasteiger partial charge in [-0.1, -0.05) is 34.6 Å². The number of carbonyl (C=O) groups is 4. The molecule has 0 amide bonds. The molecule has 3 rings (SSSR count). The van der Waals surface area contributed by atoms with Crippen molar-refractivity contribution >= 4 is 24.0 Å². The van der Waals surface area contributed by atoms with Crippen LogP contribution in [0.4, 0.5) is 0 Å². The number of ketones is 1. The van der Waals surface area contributed by atoms with E-state index in [1.165, 1.54) is 13.8 Å². The molecule has 0 saturated heterocycles. The second-order valence-corrected chi connectivity index (χ2v) is 9.68. The lowest BCUT2D eigenvalue weighted by Gasteiger charge is -2.55. The van der Waals surface area contributed by atoms with Gasteiger partial charge in [0, 0.05) is 30.6 Å². The summed E-state index contributed by atoms with van der Waals surface area (Å²) in [5, 5.41) is 0. The van der Waals surface area contributed by atoms with Crippen LogP contribution in [-0.2, 0) is 29.3 Å². The molecule has 30 heavy (non-hydrogen) atoms. The van der Waals surface area contributed by atoms with Gasteiger partial charge in [0.25, 0.3) is 0 Å². The first-order valence-corrected chi connectivity index (χ1v) is 10.4. The van der Waals surface area contributed by atoms with Gasteiger partial charge in [0.2, 0.25) is 0 Å². The molecule has 162 valence electrons. The van der Waals surface area contributed by atoms with E-state index in [0.717, 1.165) is 23.0 Å². The maximum Gasteiger partial charge on any atom is 0.308 e. The minimum Gasteiger partial charge on any atom is -0.457 e. The lowest BCUT2D eigenvalue weighted by Crippen LogP contribution is -2.58. The van der Waals surface area contributed by atoms with Crippen LogP contribution < -0.4 is 4.74 Å². The first kappa shape index (κ1) is 22.2. The van der Waals surface area contributed by atoms with Gasteiger partial charge in [0.1, 0.15) is 23.9 Å². The topological polar surface area (TPSA) is 86.7 Å². The summed E-state index contributed by atoms with van der Waals surface area (Å²) in [4.78, 5) is 49.3. The molecule has 1 aromatic rings. The Morgan fingerprint density at radius 2 is 1.77 bits per heavy atom. The van der Waals surface area contributed by atoms with E-state index in [2.05, 4.69) is 0 Å². The normalized spacial score (nSPS) is 29.2. The standard InChI is InChI=1S/C24H30O6/c1-12(2)15-8-16-18(9-19(15)29-13(3)26)24(7)10-17(21(16)30-14(4)27)22(28)23(5,6)20(24)11-25/h8-9,11-12,17,20-21H,10H2,1-7H3. The number of aldehydes is 1. The van der Waals surface area contributed by atoms with Crippen molar-refractivity contribution < 1.29 is 28.7 Å². The second kappa shape index (κ2) is 7.33. The highest BCUT2D eigenvalue weighted by Gasteiger charge is 2.61. The van der Waals surface area contributed by atoms with Crippen LogP contribution in [0.15, 0.2) is 12.1 Å². The van der Waals surface area contributed by atoms with E-state index in [9.17, 15) is 19.2 Å². The van der Waals surface area contributed by atoms with Crippen molar-refractivity contribution in [2.75, 3.05) is 0 Å². The minimum absolute atomic E-state index is 0.0335. The van der Waals surface area contributed by atoms with Crippen LogP contribution in [0.25, 0.3) is 0 Å². The second-order valence-electron chi connectivity index (χ2n) is 9.68. The van der Waals surface area contributed by atoms with E-state index in [1.807, 2.05) is 26.8 Å². The summed E-state index contributed by atoms with van der Waals surface area (Å²) in [7, 11) is 0. The van der Waals surface area contributed by atoms with E-state index in [1.54, 1.807) is 19.9 Å². The predicted molar refractivity (Wildman–Crippen MR) is 110 cm³/mol. The number of Topliss-reactive ketones (excluding diaryl/α,β-unsaturated/α-hetero) is 1. The average molecular weight is 414 g/mol. The molecule has 6 nitrogen and oxygen atoms in total. The Balaban J connectivity index is 2.35. The fraction of sp³-hybridized carbons (Fsp3) is 0.583. The van der Waals surface area contributed by atoms with Crippen molar-refractivity contribution in [1.29, 1.82) is 0 Å². The van der Waals surface area contributed by atoms with Crippen LogP contribution in [0.3, 0.4) is 0 Å². The Kier molecular flexibility index (Phi) is 5.42. The number of ether oxygens (including phenoxy) is 2. The largest absolute Gasteiger partial charge is 0.457 e. The molecule has 0 aromatic heterocycles. The molecule has 1 saturated carbocycles. The number of carbonyl (C=O) groups excluding carboxylic acids is 4. The van der Waals surface area contributed by atoms with Crippen molar-refractivity contribution in [3.63, 3.8) is 0 Å². The Morgan fingerprint density at radius 1 is 1.13 bits per heavy atom. The highest BCUT2D eigenvalue weighted by molar-refractivity contribution is 5.93. The third kappa shape index (κ3) is 3.26. The number of benzene rings is 1. The molecule has 2 aliphatic carbocycles. The molecule has 0 spiro atoms. The van der Waals surface area contributed by atoms with Gasteiger partial charge in [-0.2, -0.15) is 0 Å². The van der Waals surface area contributed by atoms with E-state index >= 15 is 0 Å². The van der Waals surface area contributed by atoms with E-state index < -0.39 is 40.7 Å². The van der Waals surface area contributed by atoms with Gasteiger partial charge in [-0.3, -0.25) is 14.4 Å². The molecule has 0 heterocycles. The summed E-state index contributed by atoms with van der Waals surface area (Å²) in [5.41, 5.74) is 0.746. The van der Waals surface area contributed by atoms with Crippen LogP contribution in [0, 0.1) is 17.3 Å². The number of hydrogen-bond acceptors (Lipinski definition) is 6. The van der Waals surface area contributed by atoms with E-state index in [-0.39, 0.29) is 11.7 Å². The van der Waals surface area contributed by atoms with Crippen LogP contribution in [0.5, 0.6) is 5.75 Å². The van der Waals surface area contributed by atoms with Crippen molar-refractivity contribution in [3.8, 4) is 5.75 Å². The smallest absolute Gasteiger partial charge is 0.308 e. The number of rotatable bonds is 4. The molecule has 4 atom stereocenters. The fourth-order valence-electron chi connectivity index (χ4n) is 5.53. The molecule has 6 heteroatoms. The van der Waals surface area contributed by atoms with Crippen molar-refractivity contribution in [2.24, 2.45) is 17.3 Å². The first-order valence-electron chi connectivity index (χ1n) is 10.4. The monoisotopic (exact) mass is 414 g/mol. The zero-order valence-corrected chi connectivity index (χ0v) is 18.7. The van der Waals surface area contributed by atoms with Gasteiger partial charge in [-0.05, 0) is 41.2 Å². The summed E-state index contributed by atoms with van der Waals surface area (Å²) in [6.45, 7) is 12.2. The molecule has 0 radical (unpaired) electrons. The number of fused-ring (bicyclic) bond motifs is 4. The van der Waals surface area contributed by atoms with Gasteiger partial charge in [0.05, 0.1) is 5.92 Å². The summed E-state index contributed by atoms with van der Waals surface area (Å²) < 4.78 is 11.2. The molecule has 0 N–H and O–H groups in total. The van der Waals surface area contributed by atoms with Gasteiger partial charge < -0.3 is 14.3 Å². The molecular formula is C24H30O6. The lowest BCUT2D eigenvalue weighted by atomic mass is 9.47. The summed E-state index contributed by atoms with van der Waals surface area (Å²) in [6.07, 6.45) is 0.532. The van der Waals surface area contributed by atoms with Crippen molar-refractivity contribution in [3.05, 3.63) is 28.8 Å². The third-order valence-corrected chi connectivity index (χ3v) is 6.85. The minimum atomic E-state index is -0.909. The average Bonchev–Trinajstić information content (AvgIpc) is 2.61. The maximum atomic E-state index is 13.4. The third-order valence-electron chi connectivity index (χ3n) is 6.85. The summed E-state index contributed by atoms with van der Waals surface area (Å²) in [6, 6.07) is 3.69. The van der Waals surface area contributed by atoms with Crippen LogP contribution in [0.1, 0.15) is 83.6 Å². The quantitative estimate of drug-likeness (QED) is 0.420. The van der Waals surface area contributed by atoms with Crippen molar-refractivity contribution in [2.45, 2.75) is 72.3 Å². The molecule has 1 aromatic carbocycles. The summed E-state index contributed by atoms with van der Waals surface area (Å²) in [5.74, 6) is -1.57. The zero-order valence-electron chi connectivity index (χ0n) is 18.7. The molecule has 2 aliphatic rings. The van der Waals surface area contributed by atoms with Crippen LogP contribution in [-0.4, -0.2) is 24.0 Å². The molecule has 0 aliphatic heterocycles. The zero-order chi connectivity index (χ0) is 22.6. The Labute approximate surface area is 177 Å². The Hall–Kier alpha value is -2.50. The molecule has 1 fully saturated rings. The van der Waals surface area contributed by atoms with Gasteiger partial charge in [0.15, 0.2) is 0 Å². The lowest BCUT2D eigenvalue weighted by molar-refractivity contribution is -0.164. The van der Waals surface area contributed by atoms with E-state index in [0.29, 0.717) is 12.2 Å². The Morgan fingerprint density at radius 3 is 2.27 bits per heavy atom. The molecule has 4 unspecified atom stereocenters. The number of hydrogen-bond donors (Lipinski definition) is 0. The predicted octanol–water partition coefficient (Wildman–Crippen LogP) is 4.04. The maximum absolute atomic E-state index is 13.4. The SMILES string of the molecule is CC(=O)Oc1cc2c(cc1C(C)C)C(OC(C)=O)C1CC2(C)C(C=O)C(C)(C)C1=O. The van der Waals surface area contributed by atoms with Crippen molar-refractivity contribution in [1.82, 2.24) is 0 Å².